The fourth-order valence-electron chi connectivity index (χ4n) is 2.40. The molecule has 0 radical (unpaired) electrons. The van der Waals surface area contributed by atoms with Crippen molar-refractivity contribution < 1.29 is 17.6 Å². The van der Waals surface area contributed by atoms with Gasteiger partial charge in [-0.3, -0.25) is 4.79 Å². The van der Waals surface area contributed by atoms with E-state index in [1.165, 1.54) is 6.08 Å². The van der Waals surface area contributed by atoms with E-state index in [-0.39, 0.29) is 17.4 Å². The lowest BCUT2D eigenvalue weighted by Gasteiger charge is -2.17. The van der Waals surface area contributed by atoms with Crippen LogP contribution in [0.5, 0.6) is 0 Å². The van der Waals surface area contributed by atoms with Gasteiger partial charge in [0.15, 0.2) is 9.84 Å². The molecule has 2 rings (SSSR count). The summed E-state index contributed by atoms with van der Waals surface area (Å²) in [7, 11) is -3.31. The number of nitrogens with zero attached hydrogens (tertiary/aromatic N) is 1. The highest BCUT2D eigenvalue weighted by atomic mass is 35.5. The third kappa shape index (κ3) is 6.31. The minimum absolute atomic E-state index is 0.221. The summed E-state index contributed by atoms with van der Waals surface area (Å²) in [6.45, 7) is 3.43. The summed E-state index contributed by atoms with van der Waals surface area (Å²) >= 11 is 6.16. The Labute approximate surface area is 168 Å². The zero-order valence-electron chi connectivity index (χ0n) is 15.6. The number of sulfone groups is 1. The lowest BCUT2D eigenvalue weighted by atomic mass is 10.1. The van der Waals surface area contributed by atoms with Crippen molar-refractivity contribution in [3.05, 3.63) is 70.0 Å². The van der Waals surface area contributed by atoms with E-state index in [2.05, 4.69) is 15.6 Å². The second kappa shape index (κ2) is 9.16. The summed E-state index contributed by atoms with van der Waals surface area (Å²) in [5.74, 6) is -1.19. The monoisotopic (exact) mass is 425 g/mol. The van der Waals surface area contributed by atoms with Crippen LogP contribution in [0.4, 0.5) is 10.2 Å². The van der Waals surface area contributed by atoms with Crippen LogP contribution < -0.4 is 10.6 Å². The largest absolute Gasteiger partial charge is 0.363 e. The molecule has 9 heteroatoms. The van der Waals surface area contributed by atoms with Gasteiger partial charge in [0.25, 0.3) is 5.91 Å². The number of amides is 1. The van der Waals surface area contributed by atoms with E-state index in [9.17, 15) is 17.6 Å². The van der Waals surface area contributed by atoms with Gasteiger partial charge in [-0.2, -0.15) is 0 Å². The first kappa shape index (κ1) is 21.8. The van der Waals surface area contributed by atoms with E-state index >= 15 is 0 Å². The molecule has 1 aromatic heterocycles. The molecule has 2 N–H and O–H groups in total. The van der Waals surface area contributed by atoms with Gasteiger partial charge in [-0.1, -0.05) is 35.9 Å². The number of carbonyl (C=O) groups is 1. The maximum atomic E-state index is 14.4. The van der Waals surface area contributed by atoms with Gasteiger partial charge >= 0.3 is 0 Å². The van der Waals surface area contributed by atoms with Gasteiger partial charge in [0.2, 0.25) is 0 Å². The predicted octanol–water partition coefficient (Wildman–Crippen LogP) is 3.72. The maximum absolute atomic E-state index is 14.4. The van der Waals surface area contributed by atoms with Crippen molar-refractivity contribution in [1.29, 1.82) is 0 Å². The number of aromatic nitrogens is 1. The zero-order valence-corrected chi connectivity index (χ0v) is 17.2. The first-order valence-electron chi connectivity index (χ1n) is 8.42. The highest BCUT2D eigenvalue weighted by molar-refractivity contribution is 7.93. The molecule has 1 heterocycles. The summed E-state index contributed by atoms with van der Waals surface area (Å²) in [5.41, 5.74) is 0.593. The lowest BCUT2D eigenvalue weighted by molar-refractivity contribution is 0.0942. The summed E-state index contributed by atoms with van der Waals surface area (Å²) in [6.07, 6.45) is 3.47. The number of hydrogen-bond donors (Lipinski definition) is 2. The predicted molar refractivity (Wildman–Crippen MR) is 109 cm³/mol. The second-order valence-corrected chi connectivity index (χ2v) is 8.70. The average Bonchev–Trinajstić information content (AvgIpc) is 2.59. The molecule has 1 unspecified atom stereocenters. The highest BCUT2D eigenvalue weighted by Gasteiger charge is 2.16. The van der Waals surface area contributed by atoms with Gasteiger partial charge < -0.3 is 10.6 Å². The molecule has 0 saturated heterocycles. The lowest BCUT2D eigenvalue weighted by Crippen LogP contribution is -2.32. The van der Waals surface area contributed by atoms with Crippen LogP contribution in [-0.4, -0.2) is 31.6 Å². The Morgan fingerprint density at radius 1 is 1.29 bits per heavy atom. The van der Waals surface area contributed by atoms with Crippen LogP contribution in [0.3, 0.4) is 0 Å². The topological polar surface area (TPSA) is 88.2 Å². The highest BCUT2D eigenvalue weighted by Crippen LogP contribution is 2.25. The van der Waals surface area contributed by atoms with E-state index < -0.39 is 27.6 Å². The van der Waals surface area contributed by atoms with Crippen LogP contribution in [0.25, 0.3) is 0 Å². The van der Waals surface area contributed by atoms with Gasteiger partial charge in [-0.15, -0.1) is 0 Å². The molecule has 0 fully saturated rings. The molecule has 1 amide bonds. The SMILES string of the molecule is CC(Nc1cc(F)c(C(=O)N[C@H](C)/C=C/S(C)(=O)=O)cn1)c1ccccc1Cl. The number of pyridine rings is 1. The molecule has 28 heavy (non-hydrogen) atoms. The van der Waals surface area contributed by atoms with Crippen molar-refractivity contribution in [3.63, 3.8) is 0 Å². The summed E-state index contributed by atoms with van der Waals surface area (Å²) in [4.78, 5) is 16.3. The van der Waals surface area contributed by atoms with Gasteiger partial charge in [0, 0.05) is 35.0 Å². The number of anilines is 1. The smallest absolute Gasteiger partial charge is 0.256 e. The quantitative estimate of drug-likeness (QED) is 0.705. The molecule has 0 aliphatic carbocycles. The fourth-order valence-corrected chi connectivity index (χ4v) is 3.22. The molecule has 6 nitrogen and oxygen atoms in total. The van der Waals surface area contributed by atoms with Gasteiger partial charge in [-0.05, 0) is 25.5 Å². The second-order valence-electron chi connectivity index (χ2n) is 6.36. The molecule has 150 valence electrons. The Morgan fingerprint density at radius 2 is 1.96 bits per heavy atom. The van der Waals surface area contributed by atoms with E-state index in [1.54, 1.807) is 13.0 Å². The van der Waals surface area contributed by atoms with Crippen LogP contribution in [0, 0.1) is 5.82 Å². The summed E-state index contributed by atoms with van der Waals surface area (Å²) < 4.78 is 36.6. The Kier molecular flexibility index (Phi) is 7.15. The van der Waals surface area contributed by atoms with Crippen molar-refractivity contribution in [2.45, 2.75) is 25.9 Å². The third-order valence-electron chi connectivity index (χ3n) is 3.81. The molecule has 0 aliphatic heterocycles. The molecule has 1 aromatic carbocycles. The number of halogens is 2. The van der Waals surface area contributed by atoms with Crippen LogP contribution in [0.1, 0.15) is 35.8 Å². The molecular weight excluding hydrogens is 405 g/mol. The summed E-state index contributed by atoms with van der Waals surface area (Å²) in [6, 6.07) is 7.58. The minimum atomic E-state index is -3.31. The van der Waals surface area contributed by atoms with E-state index in [1.807, 2.05) is 25.1 Å². The number of nitrogens with one attached hydrogen (secondary N) is 2. The molecule has 2 atom stereocenters. The molecule has 0 spiro atoms. The molecular formula is C19H21ClFN3O3S. The van der Waals surface area contributed by atoms with Crippen molar-refractivity contribution in [2.75, 3.05) is 11.6 Å². The minimum Gasteiger partial charge on any atom is -0.363 e. The number of benzene rings is 1. The fraction of sp³-hybridized carbons (Fsp3) is 0.263. The first-order valence-corrected chi connectivity index (χ1v) is 10.8. The van der Waals surface area contributed by atoms with E-state index in [4.69, 9.17) is 11.6 Å². The van der Waals surface area contributed by atoms with E-state index in [0.717, 1.165) is 29.5 Å². The van der Waals surface area contributed by atoms with Crippen LogP contribution >= 0.6 is 11.6 Å². The van der Waals surface area contributed by atoms with Gasteiger partial charge in [0.1, 0.15) is 11.6 Å². The molecule has 0 bridgehead atoms. The first-order chi connectivity index (χ1) is 13.1. The Morgan fingerprint density at radius 3 is 2.57 bits per heavy atom. The number of hydrogen-bond acceptors (Lipinski definition) is 5. The molecule has 0 aliphatic rings. The van der Waals surface area contributed by atoms with Crippen molar-refractivity contribution in [2.24, 2.45) is 0 Å². The average molecular weight is 426 g/mol. The number of carbonyl (C=O) groups excluding carboxylic acids is 1. The summed E-state index contributed by atoms with van der Waals surface area (Å²) in [5, 5.41) is 7.09. The normalized spacial score (nSPS) is 13.9. The van der Waals surface area contributed by atoms with Crippen molar-refractivity contribution in [1.82, 2.24) is 10.3 Å². The maximum Gasteiger partial charge on any atom is 0.256 e. The van der Waals surface area contributed by atoms with E-state index in [0.29, 0.717) is 5.02 Å². The Bertz CT molecular complexity index is 996. The van der Waals surface area contributed by atoms with Crippen molar-refractivity contribution >= 4 is 33.2 Å². The third-order valence-corrected chi connectivity index (χ3v) is 4.80. The van der Waals surface area contributed by atoms with Gasteiger partial charge in [-0.25, -0.2) is 17.8 Å². The molecule has 2 aromatic rings. The Hall–Kier alpha value is -2.45. The van der Waals surface area contributed by atoms with Crippen LogP contribution in [-0.2, 0) is 9.84 Å². The van der Waals surface area contributed by atoms with Crippen molar-refractivity contribution in [3.8, 4) is 0 Å². The van der Waals surface area contributed by atoms with Crippen LogP contribution in [0.2, 0.25) is 5.02 Å². The zero-order chi connectivity index (χ0) is 20.9. The van der Waals surface area contributed by atoms with Gasteiger partial charge in [0.05, 0.1) is 11.6 Å². The standard InChI is InChI=1S/C19H21ClFN3O3S/c1-12(8-9-28(3,26)27)23-19(25)15-11-22-18(10-17(15)21)24-13(2)14-6-4-5-7-16(14)20/h4-13H,1-3H3,(H,22,24)(H,23,25)/b9-8+/t12-,13?/m1/s1. The molecule has 0 saturated carbocycles. The van der Waals surface area contributed by atoms with Crippen LogP contribution in [0.15, 0.2) is 48.0 Å². The Balaban J connectivity index is 2.08. The number of rotatable bonds is 7.